The Morgan fingerprint density at radius 2 is 1.94 bits per heavy atom. The van der Waals surface area contributed by atoms with Crippen molar-refractivity contribution in [2.45, 2.75) is 25.9 Å². The van der Waals surface area contributed by atoms with Crippen LogP contribution < -0.4 is 5.32 Å². The number of urea groups is 1. The van der Waals surface area contributed by atoms with Crippen molar-refractivity contribution in [3.63, 3.8) is 0 Å². The summed E-state index contributed by atoms with van der Waals surface area (Å²) in [7, 11) is 0. The van der Waals surface area contributed by atoms with Crippen LogP contribution in [0.3, 0.4) is 0 Å². The second-order valence-corrected chi connectivity index (χ2v) is 4.26. The molecule has 1 aliphatic heterocycles. The minimum absolute atomic E-state index is 0.258. The van der Waals surface area contributed by atoms with Gasteiger partial charge in [0.15, 0.2) is 0 Å². The predicted octanol–water partition coefficient (Wildman–Crippen LogP) is 0.912. The fourth-order valence-electron chi connectivity index (χ4n) is 1.63. The molecule has 5 heteroatoms. The van der Waals surface area contributed by atoms with E-state index in [9.17, 15) is 9.59 Å². The molecule has 1 aromatic heterocycles. The Hall–Kier alpha value is -1.91. The third-order valence-electron chi connectivity index (χ3n) is 2.79. The zero-order valence-electron chi connectivity index (χ0n) is 9.23. The number of nitrogens with zero attached hydrogens (tertiary/aromatic N) is 2. The van der Waals surface area contributed by atoms with Gasteiger partial charge in [-0.25, -0.2) is 4.79 Å². The zero-order chi connectivity index (χ0) is 11.8. The van der Waals surface area contributed by atoms with E-state index in [1.807, 2.05) is 12.1 Å². The van der Waals surface area contributed by atoms with Crippen molar-refractivity contribution in [2.75, 3.05) is 0 Å². The summed E-state index contributed by atoms with van der Waals surface area (Å²) in [6.07, 6.45) is 3.33. The molecule has 16 heavy (non-hydrogen) atoms. The molecule has 3 amide bonds. The van der Waals surface area contributed by atoms with Crippen LogP contribution in [-0.2, 0) is 11.3 Å². The molecule has 1 aromatic rings. The molecular weight excluding hydrogens is 206 g/mol. The molecule has 1 N–H and O–H groups in total. The average Bonchev–Trinajstić information content (AvgIpc) is 2.43. The Balaban J connectivity index is 2.22. The van der Waals surface area contributed by atoms with Crippen LogP contribution in [0.4, 0.5) is 4.79 Å². The van der Waals surface area contributed by atoms with Crippen LogP contribution >= 0.6 is 0 Å². The van der Waals surface area contributed by atoms with Gasteiger partial charge in [0.1, 0.15) is 5.54 Å². The molecule has 0 atom stereocenters. The van der Waals surface area contributed by atoms with Gasteiger partial charge < -0.3 is 4.90 Å². The van der Waals surface area contributed by atoms with E-state index in [1.165, 1.54) is 4.90 Å². The molecule has 5 nitrogen and oxygen atoms in total. The molecular formula is C11H13N3O2. The van der Waals surface area contributed by atoms with E-state index in [0.29, 0.717) is 6.54 Å². The SMILES string of the molecule is CC1(C)C(=O)NC(=O)N1Cc1ccncc1. The third kappa shape index (κ3) is 1.64. The summed E-state index contributed by atoms with van der Waals surface area (Å²) in [4.78, 5) is 28.5. The maximum Gasteiger partial charge on any atom is 0.325 e. The third-order valence-corrected chi connectivity index (χ3v) is 2.79. The number of rotatable bonds is 2. The first-order valence-corrected chi connectivity index (χ1v) is 5.04. The molecule has 1 saturated heterocycles. The lowest BCUT2D eigenvalue weighted by Gasteiger charge is -2.27. The number of imide groups is 1. The van der Waals surface area contributed by atoms with E-state index >= 15 is 0 Å². The first kappa shape index (κ1) is 10.6. The maximum absolute atomic E-state index is 11.6. The molecule has 84 valence electrons. The summed E-state index contributed by atoms with van der Waals surface area (Å²) in [5.41, 5.74) is 0.160. The van der Waals surface area contributed by atoms with E-state index in [2.05, 4.69) is 10.3 Å². The zero-order valence-corrected chi connectivity index (χ0v) is 9.23. The van der Waals surface area contributed by atoms with Gasteiger partial charge in [-0.2, -0.15) is 0 Å². The van der Waals surface area contributed by atoms with E-state index in [4.69, 9.17) is 0 Å². The second-order valence-electron chi connectivity index (χ2n) is 4.26. The molecule has 2 heterocycles. The number of amides is 3. The Morgan fingerprint density at radius 1 is 1.31 bits per heavy atom. The highest BCUT2D eigenvalue weighted by molar-refractivity contribution is 6.06. The first-order valence-electron chi connectivity index (χ1n) is 5.04. The number of nitrogens with one attached hydrogen (secondary N) is 1. The minimum atomic E-state index is -0.791. The highest BCUT2D eigenvalue weighted by Gasteiger charge is 2.45. The summed E-state index contributed by atoms with van der Waals surface area (Å²) in [6.45, 7) is 3.87. The molecule has 1 aliphatic rings. The van der Waals surface area contributed by atoms with Gasteiger partial charge >= 0.3 is 6.03 Å². The van der Waals surface area contributed by atoms with Gasteiger partial charge in [0.05, 0.1) is 0 Å². The fraction of sp³-hybridized carbons (Fsp3) is 0.364. The normalized spacial score (nSPS) is 18.8. The number of carbonyl (C=O) groups is 2. The van der Waals surface area contributed by atoms with Gasteiger partial charge in [0, 0.05) is 18.9 Å². The van der Waals surface area contributed by atoms with Crippen LogP contribution in [0.1, 0.15) is 19.4 Å². The largest absolute Gasteiger partial charge is 0.325 e. The minimum Gasteiger partial charge on any atom is -0.306 e. The smallest absolute Gasteiger partial charge is 0.306 e. The maximum atomic E-state index is 11.6. The van der Waals surface area contributed by atoms with Crippen LogP contribution in [0.25, 0.3) is 0 Å². The molecule has 0 spiro atoms. The lowest BCUT2D eigenvalue weighted by atomic mass is 10.0. The van der Waals surface area contributed by atoms with Crippen molar-refractivity contribution >= 4 is 11.9 Å². The number of carbonyl (C=O) groups excluding carboxylic acids is 2. The van der Waals surface area contributed by atoms with Gasteiger partial charge in [-0.05, 0) is 31.5 Å². The van der Waals surface area contributed by atoms with Crippen molar-refractivity contribution in [3.8, 4) is 0 Å². The lowest BCUT2D eigenvalue weighted by Crippen LogP contribution is -2.43. The van der Waals surface area contributed by atoms with E-state index < -0.39 is 5.54 Å². The van der Waals surface area contributed by atoms with Gasteiger partial charge in [-0.1, -0.05) is 0 Å². The van der Waals surface area contributed by atoms with Gasteiger partial charge in [-0.3, -0.25) is 15.1 Å². The Bertz CT molecular complexity index is 428. The summed E-state index contributed by atoms with van der Waals surface area (Å²) in [5.74, 6) is -0.258. The second kappa shape index (κ2) is 3.59. The van der Waals surface area contributed by atoms with Crippen molar-refractivity contribution in [1.82, 2.24) is 15.2 Å². The molecule has 0 aliphatic carbocycles. The van der Waals surface area contributed by atoms with E-state index in [1.54, 1.807) is 26.2 Å². The van der Waals surface area contributed by atoms with Crippen LogP contribution in [0.5, 0.6) is 0 Å². The van der Waals surface area contributed by atoms with Crippen LogP contribution in [0.2, 0.25) is 0 Å². The Kier molecular flexibility index (Phi) is 2.38. The monoisotopic (exact) mass is 219 g/mol. The Morgan fingerprint density at radius 3 is 2.44 bits per heavy atom. The van der Waals surface area contributed by atoms with Gasteiger partial charge in [0.25, 0.3) is 5.91 Å². The van der Waals surface area contributed by atoms with Crippen molar-refractivity contribution in [2.24, 2.45) is 0 Å². The quantitative estimate of drug-likeness (QED) is 0.752. The number of hydrogen-bond donors (Lipinski definition) is 1. The number of pyridine rings is 1. The molecule has 0 aromatic carbocycles. The summed E-state index contributed by atoms with van der Waals surface area (Å²) < 4.78 is 0. The van der Waals surface area contributed by atoms with Crippen LogP contribution in [0, 0.1) is 0 Å². The topological polar surface area (TPSA) is 62.3 Å². The highest BCUT2D eigenvalue weighted by Crippen LogP contribution is 2.22. The number of hydrogen-bond acceptors (Lipinski definition) is 3. The van der Waals surface area contributed by atoms with Gasteiger partial charge in [0.2, 0.25) is 0 Å². The lowest BCUT2D eigenvalue weighted by molar-refractivity contribution is -0.125. The summed E-state index contributed by atoms with van der Waals surface area (Å²) in [6, 6.07) is 3.31. The molecule has 2 rings (SSSR count). The van der Waals surface area contributed by atoms with Crippen LogP contribution in [0.15, 0.2) is 24.5 Å². The van der Waals surface area contributed by atoms with E-state index in [0.717, 1.165) is 5.56 Å². The van der Waals surface area contributed by atoms with Crippen molar-refractivity contribution in [3.05, 3.63) is 30.1 Å². The Labute approximate surface area is 93.5 Å². The van der Waals surface area contributed by atoms with E-state index in [-0.39, 0.29) is 11.9 Å². The molecule has 0 saturated carbocycles. The average molecular weight is 219 g/mol. The molecule has 1 fully saturated rings. The highest BCUT2D eigenvalue weighted by atomic mass is 16.2. The molecule has 0 radical (unpaired) electrons. The first-order chi connectivity index (χ1) is 7.51. The summed E-state index contributed by atoms with van der Waals surface area (Å²) >= 11 is 0. The molecule has 0 bridgehead atoms. The van der Waals surface area contributed by atoms with Gasteiger partial charge in [-0.15, -0.1) is 0 Å². The predicted molar refractivity (Wildman–Crippen MR) is 57.4 cm³/mol. The van der Waals surface area contributed by atoms with Crippen molar-refractivity contribution in [1.29, 1.82) is 0 Å². The number of aromatic nitrogens is 1. The standard InChI is InChI=1S/C11H13N3O2/c1-11(2)9(15)13-10(16)14(11)7-8-3-5-12-6-4-8/h3-6H,7H2,1-2H3,(H,13,15,16). The molecule has 0 unspecified atom stereocenters. The fourth-order valence-corrected chi connectivity index (χ4v) is 1.63. The van der Waals surface area contributed by atoms with Crippen molar-refractivity contribution < 1.29 is 9.59 Å². The van der Waals surface area contributed by atoms with Crippen LogP contribution in [-0.4, -0.2) is 27.4 Å². The summed E-state index contributed by atoms with van der Waals surface area (Å²) in [5, 5.41) is 2.31.